The largest absolute Gasteiger partial charge is 0.329 e. The van der Waals surface area contributed by atoms with E-state index in [0.717, 1.165) is 18.9 Å². The molecule has 2 rings (SSSR count). The Labute approximate surface area is 100 Å². The van der Waals surface area contributed by atoms with Crippen LogP contribution in [-0.4, -0.2) is 31.9 Å². The second kappa shape index (κ2) is 4.72. The molecule has 1 unspecified atom stereocenters. The maximum absolute atomic E-state index is 13.5. The van der Waals surface area contributed by atoms with Gasteiger partial charge in [-0.2, -0.15) is 4.31 Å². The van der Waals surface area contributed by atoms with Gasteiger partial charge in [-0.3, -0.25) is 0 Å². The van der Waals surface area contributed by atoms with E-state index >= 15 is 0 Å². The van der Waals surface area contributed by atoms with Gasteiger partial charge in [-0.25, -0.2) is 12.8 Å². The third-order valence-electron chi connectivity index (χ3n) is 3.02. The van der Waals surface area contributed by atoms with E-state index < -0.39 is 15.8 Å². The number of halogens is 1. The molecule has 1 aromatic rings. The highest BCUT2D eigenvalue weighted by Crippen LogP contribution is 2.26. The van der Waals surface area contributed by atoms with E-state index in [4.69, 9.17) is 5.73 Å². The lowest BCUT2D eigenvalue weighted by Gasteiger charge is -2.22. The van der Waals surface area contributed by atoms with Crippen LogP contribution in [0.25, 0.3) is 0 Å². The van der Waals surface area contributed by atoms with Crippen molar-refractivity contribution >= 4 is 10.0 Å². The molecular weight excluding hydrogens is 243 g/mol. The smallest absolute Gasteiger partial charge is 0.246 e. The van der Waals surface area contributed by atoms with E-state index in [1.807, 2.05) is 0 Å². The van der Waals surface area contributed by atoms with Gasteiger partial charge >= 0.3 is 0 Å². The lowest BCUT2D eigenvalue weighted by molar-refractivity contribution is 0.390. The Kier molecular flexibility index (Phi) is 3.46. The van der Waals surface area contributed by atoms with E-state index in [0.29, 0.717) is 6.54 Å². The normalized spacial score (nSPS) is 21.9. The molecule has 17 heavy (non-hydrogen) atoms. The summed E-state index contributed by atoms with van der Waals surface area (Å²) in [6.07, 6.45) is 1.51. The summed E-state index contributed by atoms with van der Waals surface area (Å²) in [5.41, 5.74) is 5.54. The third kappa shape index (κ3) is 2.20. The molecule has 1 heterocycles. The van der Waals surface area contributed by atoms with Crippen LogP contribution in [0.3, 0.4) is 0 Å². The van der Waals surface area contributed by atoms with E-state index in [9.17, 15) is 12.8 Å². The summed E-state index contributed by atoms with van der Waals surface area (Å²) in [5.74, 6) is -0.713. The summed E-state index contributed by atoms with van der Waals surface area (Å²) >= 11 is 0. The van der Waals surface area contributed by atoms with E-state index in [1.54, 1.807) is 0 Å². The first kappa shape index (κ1) is 12.5. The molecule has 4 nitrogen and oxygen atoms in total. The zero-order valence-corrected chi connectivity index (χ0v) is 10.2. The first-order valence-electron chi connectivity index (χ1n) is 5.54. The van der Waals surface area contributed by atoms with Crippen LogP contribution in [0.1, 0.15) is 12.8 Å². The van der Waals surface area contributed by atoms with Crippen LogP contribution in [0.15, 0.2) is 29.2 Å². The number of rotatable bonds is 3. The maximum Gasteiger partial charge on any atom is 0.246 e. The molecule has 6 heteroatoms. The van der Waals surface area contributed by atoms with Crippen LogP contribution >= 0.6 is 0 Å². The molecule has 0 saturated carbocycles. The molecule has 0 radical (unpaired) electrons. The van der Waals surface area contributed by atoms with Crippen LogP contribution in [0.2, 0.25) is 0 Å². The average molecular weight is 258 g/mol. The van der Waals surface area contributed by atoms with Gasteiger partial charge < -0.3 is 5.73 Å². The second-order valence-electron chi connectivity index (χ2n) is 4.08. The molecule has 0 spiro atoms. The van der Waals surface area contributed by atoms with E-state index in [2.05, 4.69) is 0 Å². The van der Waals surface area contributed by atoms with Crippen molar-refractivity contribution in [1.29, 1.82) is 0 Å². The lowest BCUT2D eigenvalue weighted by atomic mass is 10.2. The zero-order chi connectivity index (χ0) is 12.5. The Morgan fingerprint density at radius 1 is 1.41 bits per heavy atom. The van der Waals surface area contributed by atoms with Crippen LogP contribution in [0, 0.1) is 5.82 Å². The molecule has 1 atom stereocenters. The summed E-state index contributed by atoms with van der Waals surface area (Å²) in [6.45, 7) is 0.687. The number of benzene rings is 1. The minimum atomic E-state index is -3.75. The Morgan fingerprint density at radius 2 is 2.12 bits per heavy atom. The molecule has 2 N–H and O–H groups in total. The predicted octanol–water partition coefficient (Wildman–Crippen LogP) is 0.937. The van der Waals surface area contributed by atoms with Crippen molar-refractivity contribution in [2.45, 2.75) is 23.8 Å². The number of sulfonamides is 1. The number of hydrogen-bond acceptors (Lipinski definition) is 3. The number of hydrogen-bond donors (Lipinski definition) is 1. The average Bonchev–Trinajstić information content (AvgIpc) is 2.78. The van der Waals surface area contributed by atoms with Crippen molar-refractivity contribution in [3.05, 3.63) is 30.1 Å². The van der Waals surface area contributed by atoms with Crippen molar-refractivity contribution in [1.82, 2.24) is 4.31 Å². The molecule has 1 aromatic carbocycles. The fraction of sp³-hybridized carbons (Fsp3) is 0.455. The molecule has 0 bridgehead atoms. The lowest BCUT2D eigenvalue weighted by Crippen LogP contribution is -2.40. The second-order valence-corrected chi connectivity index (χ2v) is 5.94. The van der Waals surface area contributed by atoms with Gasteiger partial charge in [0.15, 0.2) is 0 Å². The third-order valence-corrected chi connectivity index (χ3v) is 5.00. The molecular formula is C11H15FN2O2S. The summed E-state index contributed by atoms with van der Waals surface area (Å²) in [6, 6.07) is 5.22. The van der Waals surface area contributed by atoms with Gasteiger partial charge in [0.1, 0.15) is 10.7 Å². The molecule has 1 saturated heterocycles. The minimum Gasteiger partial charge on any atom is -0.329 e. The van der Waals surface area contributed by atoms with Gasteiger partial charge in [0.25, 0.3) is 0 Å². The predicted molar refractivity (Wildman–Crippen MR) is 62.4 cm³/mol. The molecule has 94 valence electrons. The summed E-state index contributed by atoms with van der Waals surface area (Å²) < 4.78 is 39.4. The first-order chi connectivity index (χ1) is 8.07. The number of nitrogens with zero attached hydrogens (tertiary/aromatic N) is 1. The summed E-state index contributed by atoms with van der Waals surface area (Å²) in [7, 11) is -3.75. The van der Waals surface area contributed by atoms with Crippen LogP contribution in [-0.2, 0) is 10.0 Å². The van der Waals surface area contributed by atoms with Crippen LogP contribution in [0.5, 0.6) is 0 Å². The fourth-order valence-corrected chi connectivity index (χ4v) is 3.91. The Bertz CT molecular complexity index is 504. The van der Waals surface area contributed by atoms with Gasteiger partial charge in [-0.05, 0) is 25.0 Å². The SMILES string of the molecule is NCC1CCCN1S(=O)(=O)c1ccccc1F. The molecule has 0 amide bonds. The summed E-state index contributed by atoms with van der Waals surface area (Å²) in [4.78, 5) is -0.264. The molecule has 0 aliphatic carbocycles. The van der Waals surface area contributed by atoms with E-state index in [-0.39, 0.29) is 17.5 Å². The van der Waals surface area contributed by atoms with Gasteiger partial charge in [0, 0.05) is 19.1 Å². The van der Waals surface area contributed by atoms with Crippen molar-refractivity contribution in [3.8, 4) is 0 Å². The highest BCUT2D eigenvalue weighted by Gasteiger charge is 2.35. The molecule has 1 aliphatic rings. The quantitative estimate of drug-likeness (QED) is 0.877. The van der Waals surface area contributed by atoms with Gasteiger partial charge in [0.05, 0.1) is 0 Å². The van der Waals surface area contributed by atoms with Gasteiger partial charge in [-0.1, -0.05) is 12.1 Å². The van der Waals surface area contributed by atoms with Gasteiger partial charge in [-0.15, -0.1) is 0 Å². The Balaban J connectivity index is 2.40. The molecule has 1 aliphatic heterocycles. The molecule has 0 aromatic heterocycles. The standard InChI is InChI=1S/C11H15FN2O2S/c12-10-5-1-2-6-11(10)17(15,16)14-7-3-4-9(14)8-13/h1-2,5-6,9H,3-4,7-8,13H2. The monoisotopic (exact) mass is 258 g/mol. The zero-order valence-electron chi connectivity index (χ0n) is 9.34. The highest BCUT2D eigenvalue weighted by molar-refractivity contribution is 7.89. The van der Waals surface area contributed by atoms with Crippen molar-refractivity contribution in [3.63, 3.8) is 0 Å². The fourth-order valence-electron chi connectivity index (χ4n) is 2.14. The topological polar surface area (TPSA) is 63.4 Å². The van der Waals surface area contributed by atoms with Gasteiger partial charge in [0.2, 0.25) is 10.0 Å². The van der Waals surface area contributed by atoms with Crippen LogP contribution < -0.4 is 5.73 Å². The van der Waals surface area contributed by atoms with E-state index in [1.165, 1.54) is 22.5 Å². The van der Waals surface area contributed by atoms with Crippen LogP contribution in [0.4, 0.5) is 4.39 Å². The number of nitrogens with two attached hydrogens (primary N) is 1. The summed E-state index contributed by atoms with van der Waals surface area (Å²) in [5, 5.41) is 0. The minimum absolute atomic E-state index is 0.209. The van der Waals surface area contributed by atoms with Crippen molar-refractivity contribution in [2.24, 2.45) is 5.73 Å². The Hall–Kier alpha value is -0.980. The molecule has 1 fully saturated rings. The van der Waals surface area contributed by atoms with Crippen molar-refractivity contribution in [2.75, 3.05) is 13.1 Å². The first-order valence-corrected chi connectivity index (χ1v) is 6.98. The van der Waals surface area contributed by atoms with Crippen molar-refractivity contribution < 1.29 is 12.8 Å². The maximum atomic E-state index is 13.5. The highest BCUT2D eigenvalue weighted by atomic mass is 32.2. The Morgan fingerprint density at radius 3 is 2.76 bits per heavy atom.